The van der Waals surface area contributed by atoms with Crippen molar-refractivity contribution in [3.63, 3.8) is 0 Å². The van der Waals surface area contributed by atoms with Crippen molar-refractivity contribution in [1.29, 1.82) is 0 Å². The van der Waals surface area contributed by atoms with Crippen molar-refractivity contribution >= 4 is 5.97 Å². The van der Waals surface area contributed by atoms with E-state index in [0.29, 0.717) is 25.3 Å². The fraction of sp³-hybridized carbons (Fsp3) is 0.583. The van der Waals surface area contributed by atoms with Gasteiger partial charge in [0.05, 0.1) is 11.3 Å². The summed E-state index contributed by atoms with van der Waals surface area (Å²) in [6.07, 6.45) is 2.63. The molecule has 2 N–H and O–H groups in total. The van der Waals surface area contributed by atoms with Gasteiger partial charge in [-0.1, -0.05) is 6.92 Å². The standard InChI is InChI=1S/C12H19N3O3/c1-4-15(7-12(2,3)18)6-10-9(11(16)17)5-13-8-14-10/h5,8,18H,4,6-7H2,1-3H3,(H,16,17). The maximum atomic E-state index is 11.0. The molecule has 0 unspecified atom stereocenters. The van der Waals surface area contributed by atoms with Crippen molar-refractivity contribution in [1.82, 2.24) is 14.9 Å². The molecule has 1 aromatic heterocycles. The number of likely N-dealkylation sites (N-methyl/N-ethyl adjacent to an activating group) is 1. The van der Waals surface area contributed by atoms with E-state index in [2.05, 4.69) is 9.97 Å². The Hall–Kier alpha value is -1.53. The summed E-state index contributed by atoms with van der Waals surface area (Å²) in [4.78, 5) is 20.7. The van der Waals surface area contributed by atoms with Crippen LogP contribution >= 0.6 is 0 Å². The first-order valence-corrected chi connectivity index (χ1v) is 5.80. The molecule has 100 valence electrons. The summed E-state index contributed by atoms with van der Waals surface area (Å²) in [5.74, 6) is -1.04. The summed E-state index contributed by atoms with van der Waals surface area (Å²) in [5.41, 5.74) is -0.262. The maximum Gasteiger partial charge on any atom is 0.339 e. The third-order valence-corrected chi connectivity index (χ3v) is 2.46. The molecule has 0 saturated heterocycles. The number of aromatic nitrogens is 2. The molecule has 6 nitrogen and oxygen atoms in total. The summed E-state index contributed by atoms with van der Waals surface area (Å²) in [6.45, 7) is 6.92. The molecule has 0 bridgehead atoms. The van der Waals surface area contributed by atoms with E-state index in [1.807, 2.05) is 11.8 Å². The van der Waals surface area contributed by atoms with Crippen LogP contribution in [0.3, 0.4) is 0 Å². The van der Waals surface area contributed by atoms with Gasteiger partial charge >= 0.3 is 5.97 Å². The monoisotopic (exact) mass is 253 g/mol. The number of hydrogen-bond acceptors (Lipinski definition) is 5. The summed E-state index contributed by atoms with van der Waals surface area (Å²) in [7, 11) is 0. The molecular weight excluding hydrogens is 234 g/mol. The average molecular weight is 253 g/mol. The summed E-state index contributed by atoms with van der Waals surface area (Å²) in [6, 6.07) is 0. The normalized spacial score (nSPS) is 11.8. The van der Waals surface area contributed by atoms with Crippen molar-refractivity contribution in [2.45, 2.75) is 32.9 Å². The fourth-order valence-electron chi connectivity index (χ4n) is 1.70. The molecule has 0 spiro atoms. The summed E-state index contributed by atoms with van der Waals surface area (Å²) in [5, 5.41) is 18.8. The van der Waals surface area contributed by atoms with E-state index in [1.54, 1.807) is 13.8 Å². The van der Waals surface area contributed by atoms with E-state index < -0.39 is 11.6 Å². The highest BCUT2D eigenvalue weighted by Gasteiger charge is 2.20. The zero-order valence-corrected chi connectivity index (χ0v) is 10.9. The largest absolute Gasteiger partial charge is 0.478 e. The third-order valence-electron chi connectivity index (χ3n) is 2.46. The molecule has 0 fully saturated rings. The molecule has 0 amide bonds. The van der Waals surface area contributed by atoms with E-state index in [9.17, 15) is 9.90 Å². The molecule has 0 aliphatic rings. The van der Waals surface area contributed by atoms with E-state index >= 15 is 0 Å². The van der Waals surface area contributed by atoms with Crippen LogP contribution in [0, 0.1) is 0 Å². The minimum atomic E-state index is -1.04. The van der Waals surface area contributed by atoms with Crippen molar-refractivity contribution in [3.8, 4) is 0 Å². The van der Waals surface area contributed by atoms with E-state index in [4.69, 9.17) is 5.11 Å². The Morgan fingerprint density at radius 1 is 1.50 bits per heavy atom. The van der Waals surface area contributed by atoms with Crippen LogP contribution in [-0.2, 0) is 6.54 Å². The number of aliphatic hydroxyl groups is 1. The van der Waals surface area contributed by atoms with Crippen molar-refractivity contribution < 1.29 is 15.0 Å². The average Bonchev–Trinajstić information content (AvgIpc) is 2.26. The first-order valence-electron chi connectivity index (χ1n) is 5.80. The number of carboxylic acid groups (broad SMARTS) is 1. The Labute approximate surface area is 106 Å². The predicted molar refractivity (Wildman–Crippen MR) is 66.2 cm³/mol. The van der Waals surface area contributed by atoms with Crippen molar-refractivity contribution in [3.05, 3.63) is 23.8 Å². The topological polar surface area (TPSA) is 86.6 Å². The van der Waals surface area contributed by atoms with E-state index in [-0.39, 0.29) is 5.56 Å². The molecule has 0 radical (unpaired) electrons. The number of hydrogen-bond donors (Lipinski definition) is 2. The Kier molecular flexibility index (Phi) is 4.75. The van der Waals surface area contributed by atoms with Crippen LogP contribution in [0.25, 0.3) is 0 Å². The van der Waals surface area contributed by atoms with Crippen LogP contribution in [-0.4, -0.2) is 49.7 Å². The molecule has 0 aliphatic carbocycles. The molecule has 18 heavy (non-hydrogen) atoms. The SMILES string of the molecule is CCN(Cc1ncncc1C(=O)O)CC(C)(C)O. The molecular formula is C12H19N3O3. The van der Waals surface area contributed by atoms with Crippen LogP contribution in [0.1, 0.15) is 36.8 Å². The quantitative estimate of drug-likeness (QED) is 0.778. The maximum absolute atomic E-state index is 11.0. The lowest BCUT2D eigenvalue weighted by Gasteiger charge is -2.27. The minimum Gasteiger partial charge on any atom is -0.478 e. The lowest BCUT2D eigenvalue weighted by molar-refractivity contribution is 0.0348. The van der Waals surface area contributed by atoms with Crippen LogP contribution in [0.5, 0.6) is 0 Å². The number of nitrogens with zero attached hydrogens (tertiary/aromatic N) is 3. The van der Waals surface area contributed by atoms with Crippen LogP contribution in [0.2, 0.25) is 0 Å². The Morgan fingerprint density at radius 3 is 2.67 bits per heavy atom. The van der Waals surface area contributed by atoms with Gasteiger partial charge in [-0.2, -0.15) is 0 Å². The first kappa shape index (κ1) is 14.5. The zero-order valence-electron chi connectivity index (χ0n) is 10.9. The first-order chi connectivity index (χ1) is 8.33. The van der Waals surface area contributed by atoms with Gasteiger partial charge in [-0.3, -0.25) is 4.90 Å². The highest BCUT2D eigenvalue weighted by atomic mass is 16.4. The zero-order chi connectivity index (χ0) is 13.8. The van der Waals surface area contributed by atoms with Gasteiger partial charge < -0.3 is 10.2 Å². The highest BCUT2D eigenvalue weighted by Crippen LogP contribution is 2.11. The number of aromatic carboxylic acids is 1. The van der Waals surface area contributed by atoms with Gasteiger partial charge in [0.15, 0.2) is 0 Å². The number of rotatable bonds is 6. The summed E-state index contributed by atoms with van der Waals surface area (Å²) >= 11 is 0. The molecule has 0 saturated carbocycles. The molecule has 1 rings (SSSR count). The lowest BCUT2D eigenvalue weighted by atomic mass is 10.1. The second kappa shape index (κ2) is 5.88. The fourth-order valence-corrected chi connectivity index (χ4v) is 1.70. The van der Waals surface area contributed by atoms with Gasteiger partial charge in [0.1, 0.15) is 11.9 Å². The highest BCUT2D eigenvalue weighted by molar-refractivity contribution is 5.88. The predicted octanol–water partition coefficient (Wildman–Crippen LogP) is 0.768. The van der Waals surface area contributed by atoms with Crippen molar-refractivity contribution in [2.75, 3.05) is 13.1 Å². The van der Waals surface area contributed by atoms with Crippen LogP contribution < -0.4 is 0 Å². The molecule has 1 aromatic rings. The smallest absolute Gasteiger partial charge is 0.339 e. The van der Waals surface area contributed by atoms with Gasteiger partial charge in [-0.25, -0.2) is 14.8 Å². The second-order valence-corrected chi connectivity index (χ2v) is 4.80. The van der Waals surface area contributed by atoms with Gasteiger partial charge in [-0.15, -0.1) is 0 Å². The number of carboxylic acids is 1. The Balaban J connectivity index is 2.85. The Morgan fingerprint density at radius 2 is 2.17 bits per heavy atom. The van der Waals surface area contributed by atoms with Gasteiger partial charge in [0.2, 0.25) is 0 Å². The van der Waals surface area contributed by atoms with E-state index in [0.717, 1.165) is 0 Å². The lowest BCUT2D eigenvalue weighted by Crippen LogP contribution is -2.38. The molecule has 0 atom stereocenters. The minimum absolute atomic E-state index is 0.103. The molecule has 0 aliphatic heterocycles. The molecule has 0 aromatic carbocycles. The molecule has 6 heteroatoms. The van der Waals surface area contributed by atoms with Gasteiger partial charge in [0.25, 0.3) is 0 Å². The molecule has 1 heterocycles. The number of carbonyl (C=O) groups is 1. The van der Waals surface area contributed by atoms with Crippen LogP contribution in [0.15, 0.2) is 12.5 Å². The van der Waals surface area contributed by atoms with Gasteiger partial charge in [0, 0.05) is 19.3 Å². The van der Waals surface area contributed by atoms with Gasteiger partial charge in [-0.05, 0) is 20.4 Å². The van der Waals surface area contributed by atoms with E-state index in [1.165, 1.54) is 12.5 Å². The second-order valence-electron chi connectivity index (χ2n) is 4.80. The van der Waals surface area contributed by atoms with Crippen LogP contribution in [0.4, 0.5) is 0 Å². The third kappa shape index (κ3) is 4.38. The van der Waals surface area contributed by atoms with Crippen molar-refractivity contribution in [2.24, 2.45) is 0 Å². The summed E-state index contributed by atoms with van der Waals surface area (Å²) < 4.78 is 0. The Bertz CT molecular complexity index is 415.